The van der Waals surface area contributed by atoms with E-state index in [1.54, 1.807) is 11.3 Å². The maximum absolute atomic E-state index is 8.71. The van der Waals surface area contributed by atoms with Gasteiger partial charge in [-0.25, -0.2) is 0 Å². The summed E-state index contributed by atoms with van der Waals surface area (Å²) < 4.78 is 0. The Balaban J connectivity index is 2.59. The van der Waals surface area contributed by atoms with Crippen LogP contribution in [0.15, 0.2) is 11.5 Å². The molecule has 1 aliphatic rings. The van der Waals surface area contributed by atoms with Gasteiger partial charge in [-0.3, -0.25) is 0 Å². The fraction of sp³-hybridized carbons (Fsp3) is 0.222. The highest BCUT2D eigenvalue weighted by Gasteiger charge is 2.10. The molecule has 0 atom stereocenters. The zero-order chi connectivity index (χ0) is 7.68. The van der Waals surface area contributed by atoms with Crippen LogP contribution >= 0.6 is 11.3 Å². The Morgan fingerprint density at radius 1 is 1.55 bits per heavy atom. The largest absolute Gasteiger partial charge is 0.192 e. The van der Waals surface area contributed by atoms with E-state index in [9.17, 15) is 0 Å². The molecule has 0 saturated carbocycles. The second kappa shape index (κ2) is 2.52. The van der Waals surface area contributed by atoms with Gasteiger partial charge in [-0.1, -0.05) is 12.2 Å². The zero-order valence-electron chi connectivity index (χ0n) is 6.00. The van der Waals surface area contributed by atoms with Crippen molar-refractivity contribution in [2.75, 3.05) is 0 Å². The molecule has 0 amide bonds. The standard InChI is InChI=1S/C9H7NS/c10-5-7-6-11-9-4-2-1-3-8(7)9/h1,3,6H,2,4H2. The highest BCUT2D eigenvalue weighted by atomic mass is 32.1. The van der Waals surface area contributed by atoms with Crippen LogP contribution in [0.5, 0.6) is 0 Å². The van der Waals surface area contributed by atoms with E-state index in [-0.39, 0.29) is 0 Å². The number of nitrogens with zero attached hydrogens (tertiary/aromatic N) is 1. The van der Waals surface area contributed by atoms with Crippen molar-refractivity contribution < 1.29 is 0 Å². The quantitative estimate of drug-likeness (QED) is 0.573. The highest BCUT2D eigenvalue weighted by molar-refractivity contribution is 7.10. The second-order valence-electron chi connectivity index (χ2n) is 2.54. The summed E-state index contributed by atoms with van der Waals surface area (Å²) in [6.45, 7) is 0. The SMILES string of the molecule is N#Cc1csc2c1C=CCC2. The van der Waals surface area contributed by atoms with Gasteiger partial charge >= 0.3 is 0 Å². The van der Waals surface area contributed by atoms with Crippen molar-refractivity contribution in [3.8, 4) is 6.07 Å². The number of thiophene rings is 1. The zero-order valence-corrected chi connectivity index (χ0v) is 6.82. The topological polar surface area (TPSA) is 23.8 Å². The third-order valence-electron chi connectivity index (χ3n) is 1.85. The molecule has 0 unspecified atom stereocenters. The molecule has 1 nitrogen and oxygen atoms in total. The molecule has 1 heterocycles. The molecule has 1 aromatic rings. The number of hydrogen-bond acceptors (Lipinski definition) is 2. The maximum atomic E-state index is 8.71. The molecule has 0 fully saturated rings. The molecular weight excluding hydrogens is 154 g/mol. The number of allylic oxidation sites excluding steroid dienone is 1. The van der Waals surface area contributed by atoms with Crippen molar-refractivity contribution in [2.45, 2.75) is 12.8 Å². The fourth-order valence-electron chi connectivity index (χ4n) is 1.29. The van der Waals surface area contributed by atoms with Crippen molar-refractivity contribution in [1.29, 1.82) is 5.26 Å². The average Bonchev–Trinajstić information content (AvgIpc) is 2.47. The molecule has 0 bridgehead atoms. The third kappa shape index (κ3) is 0.979. The smallest absolute Gasteiger partial charge is 0.101 e. The lowest BCUT2D eigenvalue weighted by molar-refractivity contribution is 1.01. The van der Waals surface area contributed by atoms with Crippen LogP contribution in [0.4, 0.5) is 0 Å². The Labute approximate surface area is 69.6 Å². The summed E-state index contributed by atoms with van der Waals surface area (Å²) in [6.07, 6.45) is 6.43. The van der Waals surface area contributed by atoms with Gasteiger partial charge in [0.1, 0.15) is 6.07 Å². The van der Waals surface area contributed by atoms with Crippen molar-refractivity contribution in [2.24, 2.45) is 0 Å². The molecule has 2 rings (SSSR count). The van der Waals surface area contributed by atoms with Crippen molar-refractivity contribution in [3.05, 3.63) is 27.5 Å². The minimum Gasteiger partial charge on any atom is -0.192 e. The molecule has 2 heteroatoms. The van der Waals surface area contributed by atoms with E-state index in [1.165, 1.54) is 4.88 Å². The van der Waals surface area contributed by atoms with Gasteiger partial charge in [0.25, 0.3) is 0 Å². The van der Waals surface area contributed by atoms with Crippen LogP contribution in [-0.2, 0) is 6.42 Å². The summed E-state index contributed by atoms with van der Waals surface area (Å²) >= 11 is 1.70. The molecule has 54 valence electrons. The van der Waals surface area contributed by atoms with E-state index < -0.39 is 0 Å². The molecular formula is C9H7NS. The van der Waals surface area contributed by atoms with E-state index in [2.05, 4.69) is 18.2 Å². The lowest BCUT2D eigenvalue weighted by Gasteiger charge is -2.02. The summed E-state index contributed by atoms with van der Waals surface area (Å²) in [5, 5.41) is 10.7. The molecule has 1 aliphatic carbocycles. The van der Waals surface area contributed by atoms with E-state index in [0.717, 1.165) is 24.0 Å². The molecule has 11 heavy (non-hydrogen) atoms. The van der Waals surface area contributed by atoms with Crippen LogP contribution in [-0.4, -0.2) is 0 Å². The summed E-state index contributed by atoms with van der Waals surface area (Å²) in [4.78, 5) is 1.36. The normalized spacial score (nSPS) is 14.1. The van der Waals surface area contributed by atoms with Crippen LogP contribution in [0.1, 0.15) is 22.4 Å². The Hall–Kier alpha value is -1.07. The predicted octanol–water partition coefficient (Wildman–Crippen LogP) is 2.58. The summed E-state index contributed by atoms with van der Waals surface area (Å²) in [6, 6.07) is 2.19. The number of aryl methyl sites for hydroxylation is 1. The molecule has 0 spiro atoms. The van der Waals surface area contributed by atoms with Crippen LogP contribution in [0.2, 0.25) is 0 Å². The molecule has 1 aromatic heterocycles. The van der Waals surface area contributed by atoms with Crippen LogP contribution in [0.25, 0.3) is 6.08 Å². The number of rotatable bonds is 0. The van der Waals surface area contributed by atoms with Gasteiger partial charge in [-0.15, -0.1) is 11.3 Å². The summed E-state index contributed by atoms with van der Waals surface area (Å²) in [7, 11) is 0. The monoisotopic (exact) mass is 161 g/mol. The van der Waals surface area contributed by atoms with Crippen molar-refractivity contribution >= 4 is 17.4 Å². The Morgan fingerprint density at radius 2 is 2.45 bits per heavy atom. The van der Waals surface area contributed by atoms with Gasteiger partial charge in [-0.05, 0) is 12.8 Å². The van der Waals surface area contributed by atoms with Crippen LogP contribution < -0.4 is 0 Å². The van der Waals surface area contributed by atoms with Gasteiger partial charge in [-0.2, -0.15) is 5.26 Å². The second-order valence-corrected chi connectivity index (χ2v) is 3.50. The van der Waals surface area contributed by atoms with Crippen LogP contribution in [0.3, 0.4) is 0 Å². The number of nitriles is 1. The first-order chi connectivity index (χ1) is 5.42. The van der Waals surface area contributed by atoms with Crippen molar-refractivity contribution in [3.63, 3.8) is 0 Å². The molecule has 0 radical (unpaired) electrons. The third-order valence-corrected chi connectivity index (χ3v) is 2.91. The van der Waals surface area contributed by atoms with Gasteiger partial charge in [0.2, 0.25) is 0 Å². The van der Waals surface area contributed by atoms with Gasteiger partial charge < -0.3 is 0 Å². The Bertz CT molecular complexity index is 341. The van der Waals surface area contributed by atoms with E-state index in [4.69, 9.17) is 5.26 Å². The minimum atomic E-state index is 0.834. The van der Waals surface area contributed by atoms with E-state index in [1.807, 2.05) is 5.38 Å². The lowest BCUT2D eigenvalue weighted by atomic mass is 10.0. The Kier molecular flexibility index (Phi) is 1.52. The van der Waals surface area contributed by atoms with Crippen molar-refractivity contribution in [1.82, 2.24) is 0 Å². The fourth-order valence-corrected chi connectivity index (χ4v) is 2.27. The highest BCUT2D eigenvalue weighted by Crippen LogP contribution is 2.28. The van der Waals surface area contributed by atoms with Gasteiger partial charge in [0, 0.05) is 15.8 Å². The molecule has 0 aliphatic heterocycles. The first-order valence-electron chi connectivity index (χ1n) is 3.59. The summed E-state index contributed by atoms with van der Waals surface area (Å²) in [5.41, 5.74) is 1.99. The first kappa shape index (κ1) is 6.63. The predicted molar refractivity (Wildman–Crippen MR) is 46.4 cm³/mol. The number of fused-ring (bicyclic) bond motifs is 1. The van der Waals surface area contributed by atoms with Crippen LogP contribution in [0, 0.1) is 11.3 Å². The Morgan fingerprint density at radius 3 is 3.27 bits per heavy atom. The average molecular weight is 161 g/mol. The first-order valence-corrected chi connectivity index (χ1v) is 4.47. The van der Waals surface area contributed by atoms with Gasteiger partial charge in [0.15, 0.2) is 0 Å². The summed E-state index contributed by atoms with van der Waals surface area (Å²) in [5.74, 6) is 0. The lowest BCUT2D eigenvalue weighted by Crippen LogP contribution is -1.88. The van der Waals surface area contributed by atoms with E-state index >= 15 is 0 Å². The number of hydrogen-bond donors (Lipinski definition) is 0. The molecule has 0 saturated heterocycles. The van der Waals surface area contributed by atoms with Gasteiger partial charge in [0.05, 0.1) is 5.56 Å². The molecule has 0 N–H and O–H groups in total. The molecule has 0 aromatic carbocycles. The maximum Gasteiger partial charge on any atom is 0.101 e. The van der Waals surface area contributed by atoms with E-state index in [0.29, 0.717) is 0 Å². The minimum absolute atomic E-state index is 0.834.